The molecule has 1 aliphatic rings. The minimum atomic E-state index is -4.64. The summed E-state index contributed by atoms with van der Waals surface area (Å²) in [6.45, 7) is 0. The molecule has 0 aromatic heterocycles. The number of rotatable bonds is 0. The zero-order valence-electron chi connectivity index (χ0n) is 43.3. The third kappa shape index (κ3) is 195. The van der Waals surface area contributed by atoms with Crippen molar-refractivity contribution in [2.45, 2.75) is 36.6 Å². The van der Waals surface area contributed by atoms with Crippen molar-refractivity contribution in [3.8, 4) is 0 Å². The molecule has 0 amide bonds. The zero-order valence-corrected chi connectivity index (χ0v) is 60.7. The van der Waals surface area contributed by atoms with Crippen molar-refractivity contribution in [1.82, 2.24) is 0 Å². The molecule has 48 heteroatoms. The van der Waals surface area contributed by atoms with Crippen LogP contribution in [0.1, 0.15) is 17.1 Å². The van der Waals surface area contributed by atoms with Gasteiger partial charge in [-0.2, -0.15) is 0 Å². The summed E-state index contributed by atoms with van der Waals surface area (Å²) in [4.78, 5) is 129. The molecule has 0 spiro atoms. The minimum absolute atomic E-state index is 0. The summed E-state index contributed by atoms with van der Waals surface area (Å²) in [6, 6.07) is 0. The normalized spacial score (nSPS) is 18.9. The van der Waals surface area contributed by atoms with Gasteiger partial charge >= 0.3 is 402 Å². The topological polar surface area (TPSA) is 588 Å². The summed E-state index contributed by atoms with van der Waals surface area (Å²) in [5, 5.41) is 53.8. The first-order valence-electron chi connectivity index (χ1n) is 8.24. The van der Waals surface area contributed by atoms with Gasteiger partial charge in [0.25, 0.3) is 0 Å². The molecule has 0 saturated heterocycles. The third-order valence-electron chi connectivity index (χ3n) is 2.10. The Morgan fingerprint density at radius 2 is 0.222 bits per heavy atom. The van der Waals surface area contributed by atoms with E-state index in [0.29, 0.717) is 0 Å². The van der Waals surface area contributed by atoms with Gasteiger partial charge in [0.05, 0.1) is 0 Å². The van der Waals surface area contributed by atoms with Gasteiger partial charge in [0.15, 0.2) is 0 Å². The first-order chi connectivity index (χ1) is 17.5. The summed E-state index contributed by atoms with van der Waals surface area (Å²) >= 11 is 0. The molecular weight excluding hydrogens is 1010 g/mol. The van der Waals surface area contributed by atoms with Crippen molar-refractivity contribution in [3.63, 3.8) is 0 Å². The van der Waals surface area contributed by atoms with Crippen LogP contribution in [-0.4, -0.2) is 155 Å². The Kier molecular flexibility index (Phi) is 138. The molecule has 1 rings (SSSR count). The van der Waals surface area contributed by atoms with E-state index in [4.69, 9.17) is 146 Å². The molecule has 24 N–H and O–H groups in total. The third-order valence-corrected chi connectivity index (χ3v) is 2.10. The van der Waals surface area contributed by atoms with Crippen LogP contribution in [0.15, 0.2) is 0 Å². The Balaban J connectivity index is -0.00000000792. The van der Waals surface area contributed by atoms with Crippen LogP contribution in [0, 0.1) is 0 Å². The van der Waals surface area contributed by atoms with Crippen LogP contribution < -0.4 is 355 Å². The average Bonchev–Trinajstić information content (AvgIpc) is 2.55. The summed E-state index contributed by atoms with van der Waals surface area (Å²) in [7, 11) is -27.8. The number of hydrogen-bond donors (Lipinski definition) is 24. The minimum Gasteiger partial charge on any atom is -1.00 e. The largest absolute Gasteiger partial charge is 1.00 e. The Morgan fingerprint density at radius 3 is 0.241 bits per heavy atom. The summed E-state index contributed by atoms with van der Waals surface area (Å²) in [6.07, 6.45) is -9.84. The maximum absolute atomic E-state index is 8.97. The molecule has 1 fully saturated rings. The first-order valence-corrected chi connectivity index (χ1v) is 17.6. The van der Waals surface area contributed by atoms with E-state index in [1.165, 1.54) is 0 Å². The van der Waals surface area contributed by atoms with Crippen molar-refractivity contribution in [2.75, 3.05) is 0 Å². The van der Waals surface area contributed by atoms with E-state index in [1.54, 1.807) is 0 Å². The fourth-order valence-electron chi connectivity index (χ4n) is 1.21. The van der Waals surface area contributed by atoms with Gasteiger partial charge < -0.3 is 136 Å². The second kappa shape index (κ2) is 61.5. The Bertz CT molecular complexity index is 780. The molecule has 0 unspecified atom stereocenters. The molecule has 0 heterocycles. The van der Waals surface area contributed by atoms with Gasteiger partial charge in [0, 0.05) is 0 Å². The van der Waals surface area contributed by atoms with Crippen LogP contribution in [0.4, 0.5) is 0 Å². The first kappa shape index (κ1) is 121. The molecule has 54 heavy (non-hydrogen) atoms. The van der Waals surface area contributed by atoms with Gasteiger partial charge in [-0.05, 0) is 0 Å². The summed E-state index contributed by atoms with van der Waals surface area (Å²) in [5.74, 6) is 0. The number of phosphoric acid groups is 6. The van der Waals surface area contributed by atoms with E-state index in [0.717, 1.165) is 0 Å². The Labute approximate surface area is 589 Å². The van der Waals surface area contributed by atoms with Crippen molar-refractivity contribution >= 4 is 46.9 Å². The van der Waals surface area contributed by atoms with Crippen LogP contribution in [-0.2, 0) is 27.4 Å². The number of aliphatic hydroxyl groups excluding tert-OH is 6. The molecular formula is C6H42Na12O30P6. The molecule has 288 valence electrons. The zero-order chi connectivity index (χ0) is 36.5. The predicted molar refractivity (Wildman–Crippen MR) is 135 cm³/mol. The summed E-state index contributed by atoms with van der Waals surface area (Å²) < 4.78 is 53.3. The van der Waals surface area contributed by atoms with Crippen LogP contribution in [0.2, 0.25) is 0 Å². The molecule has 0 atom stereocenters. The van der Waals surface area contributed by atoms with E-state index in [1.807, 2.05) is 0 Å². The maximum Gasteiger partial charge on any atom is 1.00 e. The van der Waals surface area contributed by atoms with Crippen molar-refractivity contribution < 1.29 is 518 Å². The number of hydrogen-bond acceptors (Lipinski definition) is 12. The molecule has 0 aromatic rings. The number of aliphatic hydroxyl groups is 6. The molecule has 0 bridgehead atoms. The second-order valence-electron chi connectivity index (χ2n) is 6.02. The standard InChI is InChI=1S/C6H12O6.12Na.6H3O4P.12H/c7-1-2(8)4(10)6(12)5(11)3(1)9;;;;;;;;;;;;;6*1-5(2,3)4;;;;;;;;;;;;/h1-12H;;;;;;;;;;;;;6*(H3,1,2,3,4);;;;;;;;;;;;/q;12*+1;;;;;;;12*-1. The molecule has 1 saturated carbocycles. The fourth-order valence-corrected chi connectivity index (χ4v) is 1.21. The maximum atomic E-state index is 8.97. The molecule has 0 aromatic carbocycles. The molecule has 0 aliphatic heterocycles. The average molecular weight is 1060 g/mol. The Morgan fingerprint density at radius 1 is 0.204 bits per heavy atom. The van der Waals surface area contributed by atoms with Gasteiger partial charge in [-0.25, -0.2) is 27.4 Å². The molecule has 1 aliphatic carbocycles. The van der Waals surface area contributed by atoms with Crippen LogP contribution >= 0.6 is 46.9 Å². The van der Waals surface area contributed by atoms with Crippen LogP contribution in [0.25, 0.3) is 0 Å². The van der Waals surface area contributed by atoms with Gasteiger partial charge in [-0.3, -0.25) is 0 Å². The van der Waals surface area contributed by atoms with E-state index < -0.39 is 83.6 Å². The van der Waals surface area contributed by atoms with Crippen LogP contribution in [0.5, 0.6) is 0 Å². The monoisotopic (exact) mass is 1060 g/mol. The second-order valence-corrected chi connectivity index (χ2v) is 12.2. The van der Waals surface area contributed by atoms with E-state index in [-0.39, 0.29) is 372 Å². The van der Waals surface area contributed by atoms with Crippen molar-refractivity contribution in [3.05, 3.63) is 0 Å². The van der Waals surface area contributed by atoms with E-state index in [9.17, 15) is 0 Å². The smallest absolute Gasteiger partial charge is 1.00 e. The quantitative estimate of drug-likeness (QED) is 0.0791. The molecule has 30 nitrogen and oxygen atoms in total. The van der Waals surface area contributed by atoms with Crippen LogP contribution in [0.3, 0.4) is 0 Å². The van der Waals surface area contributed by atoms with E-state index >= 15 is 0 Å². The SMILES string of the molecule is O=P(O)(O)O.O=P(O)(O)O.O=P(O)(O)O.O=P(O)(O)O.O=P(O)(O)O.O=P(O)(O)O.OC1C(O)C(O)C(O)C(O)C1O.[H-].[H-].[H-].[H-].[H-].[H-].[H-].[H-].[H-].[H-].[H-].[H-].[Na+].[Na+].[Na+].[Na+].[Na+].[Na+].[Na+].[Na+].[Na+].[Na+].[Na+].[Na+]. The fraction of sp³-hybridized carbons (Fsp3) is 1.00. The summed E-state index contributed by atoms with van der Waals surface area (Å²) in [5.41, 5.74) is 0. The molecule has 0 radical (unpaired) electrons. The van der Waals surface area contributed by atoms with Crippen molar-refractivity contribution in [2.24, 2.45) is 0 Å². The van der Waals surface area contributed by atoms with Crippen molar-refractivity contribution in [1.29, 1.82) is 0 Å². The van der Waals surface area contributed by atoms with E-state index in [2.05, 4.69) is 0 Å². The predicted octanol–water partition coefficient (Wildman–Crippen LogP) is -44.0. The van der Waals surface area contributed by atoms with Gasteiger partial charge in [0.2, 0.25) is 0 Å². The van der Waals surface area contributed by atoms with Gasteiger partial charge in [-0.1, -0.05) is 0 Å². The van der Waals surface area contributed by atoms with Gasteiger partial charge in [0.1, 0.15) is 36.6 Å². The van der Waals surface area contributed by atoms with Gasteiger partial charge in [-0.15, -0.1) is 0 Å². The Hall–Kier alpha value is 12.4.